The molecule has 1 rings (SSSR count). The summed E-state index contributed by atoms with van der Waals surface area (Å²) in [5.41, 5.74) is 10.3. The van der Waals surface area contributed by atoms with Gasteiger partial charge in [0.25, 0.3) is 0 Å². The van der Waals surface area contributed by atoms with Crippen LogP contribution in [-0.4, -0.2) is 29.8 Å². The molecule has 10 heteroatoms. The van der Waals surface area contributed by atoms with Gasteiger partial charge in [-0.05, 0) is 30.8 Å². The number of phenolic OH excluding ortho intramolecular Hbond substituents is 1. The molecule has 0 saturated heterocycles. The van der Waals surface area contributed by atoms with Crippen LogP contribution >= 0.6 is 7.37 Å². The highest BCUT2D eigenvalue weighted by Gasteiger charge is 2.26. The van der Waals surface area contributed by atoms with Crippen molar-refractivity contribution in [3.05, 3.63) is 27.8 Å². The number of hydrogen-bond donors (Lipinski definition) is 3. The van der Waals surface area contributed by atoms with E-state index >= 15 is 0 Å². The summed E-state index contributed by atoms with van der Waals surface area (Å²) in [5, 5.41) is 20.5. The number of phenols is 1. The number of benzene rings is 1. The molecule has 118 valence electrons. The Bertz CT molecular complexity index is 579. The first-order valence-electron chi connectivity index (χ1n) is 6.05. The normalized spacial score (nSPS) is 15.2. The molecule has 0 bridgehead atoms. The van der Waals surface area contributed by atoms with E-state index in [0.29, 0.717) is 0 Å². The van der Waals surface area contributed by atoms with Crippen molar-refractivity contribution in [2.75, 3.05) is 19.8 Å². The highest BCUT2D eigenvalue weighted by molar-refractivity contribution is 7.56. The molecule has 5 N–H and O–H groups in total. The van der Waals surface area contributed by atoms with Crippen molar-refractivity contribution in [1.82, 2.24) is 0 Å². The molecule has 2 atom stereocenters. The molecule has 0 saturated carbocycles. The van der Waals surface area contributed by atoms with Gasteiger partial charge in [0.2, 0.25) is 5.75 Å². The topological polar surface area (TPSA) is 165 Å². The van der Waals surface area contributed by atoms with E-state index in [1.165, 1.54) is 13.2 Å². The van der Waals surface area contributed by atoms with Crippen LogP contribution in [0.5, 0.6) is 11.5 Å². The zero-order chi connectivity index (χ0) is 16.2. The molecule has 0 heterocycles. The van der Waals surface area contributed by atoms with E-state index in [2.05, 4.69) is 0 Å². The maximum absolute atomic E-state index is 12.0. The van der Waals surface area contributed by atoms with E-state index in [0.717, 1.165) is 6.07 Å². The molecule has 2 unspecified atom stereocenters. The predicted octanol–water partition coefficient (Wildman–Crippen LogP) is 0.254. The van der Waals surface area contributed by atoms with Gasteiger partial charge in [-0.1, -0.05) is 0 Å². The number of ether oxygens (including phenoxy) is 1. The number of nitrogens with two attached hydrogens (primary N) is 2. The van der Waals surface area contributed by atoms with E-state index < -0.39 is 29.5 Å². The summed E-state index contributed by atoms with van der Waals surface area (Å²) in [6.07, 6.45) is 0.0352. The first-order chi connectivity index (χ1) is 9.74. The lowest BCUT2D eigenvalue weighted by Gasteiger charge is -2.30. The fourth-order valence-corrected chi connectivity index (χ4v) is 3.26. The Morgan fingerprint density at radius 1 is 1.52 bits per heavy atom. The third-order valence-corrected chi connectivity index (χ3v) is 5.02. The van der Waals surface area contributed by atoms with Crippen molar-refractivity contribution >= 4 is 13.1 Å². The standard InChI is InChI=1S/C11H18N3O6P/c1-20-9-6-7(5-8(10(9)15)14(16)17)11(13)21(18,19)4-2-3-12/h5-6,11,15H,2-4,12-13H2,1H3,(H,18,19)/p-1. The largest absolute Gasteiger partial charge is 0.798 e. The predicted molar refractivity (Wildman–Crippen MR) is 74.4 cm³/mol. The summed E-state index contributed by atoms with van der Waals surface area (Å²) in [7, 11) is -2.84. The highest BCUT2D eigenvalue weighted by Crippen LogP contribution is 2.51. The second-order valence-electron chi connectivity index (χ2n) is 4.38. The van der Waals surface area contributed by atoms with Crippen molar-refractivity contribution in [3.8, 4) is 11.5 Å². The van der Waals surface area contributed by atoms with Crippen LogP contribution in [0, 0.1) is 10.1 Å². The van der Waals surface area contributed by atoms with Crippen LogP contribution in [0.15, 0.2) is 12.1 Å². The second-order valence-corrected chi connectivity index (χ2v) is 6.84. The zero-order valence-electron chi connectivity index (χ0n) is 11.4. The van der Waals surface area contributed by atoms with Crippen molar-refractivity contribution in [3.63, 3.8) is 0 Å². The lowest BCUT2D eigenvalue weighted by Crippen LogP contribution is -2.21. The number of nitro groups is 1. The van der Waals surface area contributed by atoms with E-state index in [9.17, 15) is 24.7 Å². The second kappa shape index (κ2) is 6.86. The van der Waals surface area contributed by atoms with Gasteiger partial charge in [0.1, 0.15) is 0 Å². The minimum absolute atomic E-state index is 0.0216. The van der Waals surface area contributed by atoms with Gasteiger partial charge >= 0.3 is 5.69 Å². The van der Waals surface area contributed by atoms with Gasteiger partial charge in [0.05, 0.1) is 17.8 Å². The molecule has 0 radical (unpaired) electrons. The monoisotopic (exact) mass is 318 g/mol. The summed E-state index contributed by atoms with van der Waals surface area (Å²) < 4.78 is 16.8. The third kappa shape index (κ3) is 3.92. The van der Waals surface area contributed by atoms with Gasteiger partial charge in [-0.15, -0.1) is 0 Å². The molecular weight excluding hydrogens is 301 g/mol. The first-order valence-corrected chi connectivity index (χ1v) is 7.93. The smallest absolute Gasteiger partial charge is 0.315 e. The van der Waals surface area contributed by atoms with Crippen LogP contribution in [-0.2, 0) is 4.57 Å². The SMILES string of the molecule is COc1cc(C(N)P(=O)([O-])CCCN)cc([N+](=O)[O-])c1O. The van der Waals surface area contributed by atoms with Crippen LogP contribution in [0.1, 0.15) is 17.8 Å². The third-order valence-electron chi connectivity index (χ3n) is 2.93. The van der Waals surface area contributed by atoms with E-state index in [1.807, 2.05) is 0 Å². The van der Waals surface area contributed by atoms with Gasteiger partial charge in [0, 0.05) is 13.4 Å². The van der Waals surface area contributed by atoms with E-state index in [4.69, 9.17) is 16.2 Å². The Hall–Kier alpha value is -1.67. The Labute approximate surface area is 121 Å². The van der Waals surface area contributed by atoms with Gasteiger partial charge in [-0.25, -0.2) is 0 Å². The Morgan fingerprint density at radius 2 is 2.14 bits per heavy atom. The van der Waals surface area contributed by atoms with E-state index in [-0.39, 0.29) is 30.4 Å². The van der Waals surface area contributed by atoms with Gasteiger partial charge in [-0.3, -0.25) is 10.1 Å². The van der Waals surface area contributed by atoms with Crippen LogP contribution < -0.4 is 21.1 Å². The minimum Gasteiger partial charge on any atom is -0.798 e. The number of hydrogen-bond acceptors (Lipinski definition) is 8. The Balaban J connectivity index is 3.27. The molecule has 0 spiro atoms. The van der Waals surface area contributed by atoms with Crippen molar-refractivity contribution in [2.24, 2.45) is 11.5 Å². The fraction of sp³-hybridized carbons (Fsp3) is 0.455. The summed E-state index contributed by atoms with van der Waals surface area (Å²) in [4.78, 5) is 22.1. The van der Waals surface area contributed by atoms with Crippen molar-refractivity contribution < 1.29 is 24.2 Å². The molecule has 1 aromatic carbocycles. The molecule has 0 fully saturated rings. The number of methoxy groups -OCH3 is 1. The summed E-state index contributed by atoms with van der Waals surface area (Å²) in [5.74, 6) is -2.33. The summed E-state index contributed by atoms with van der Waals surface area (Å²) in [6, 6.07) is 2.09. The maximum Gasteiger partial charge on any atom is 0.315 e. The maximum atomic E-state index is 12.0. The van der Waals surface area contributed by atoms with Crippen LogP contribution in [0.3, 0.4) is 0 Å². The van der Waals surface area contributed by atoms with Crippen LogP contribution in [0.25, 0.3) is 0 Å². The average molecular weight is 318 g/mol. The lowest BCUT2D eigenvalue weighted by molar-refractivity contribution is -0.386. The van der Waals surface area contributed by atoms with E-state index in [1.54, 1.807) is 0 Å². The molecule has 0 aromatic heterocycles. The van der Waals surface area contributed by atoms with Crippen LogP contribution in [0.4, 0.5) is 5.69 Å². The molecule has 0 aliphatic heterocycles. The van der Waals surface area contributed by atoms with Gasteiger partial charge in [-0.2, -0.15) is 0 Å². The van der Waals surface area contributed by atoms with Crippen LogP contribution in [0.2, 0.25) is 0 Å². The Kier molecular flexibility index (Phi) is 5.68. The van der Waals surface area contributed by atoms with Crippen molar-refractivity contribution in [1.29, 1.82) is 0 Å². The number of rotatable bonds is 7. The molecule has 9 nitrogen and oxygen atoms in total. The molecule has 0 aliphatic rings. The highest BCUT2D eigenvalue weighted by atomic mass is 31.2. The quantitative estimate of drug-likeness (QED) is 0.365. The lowest BCUT2D eigenvalue weighted by atomic mass is 10.1. The number of nitrogens with zero attached hydrogens (tertiary/aromatic N) is 1. The first kappa shape index (κ1) is 17.4. The Morgan fingerprint density at radius 3 is 2.62 bits per heavy atom. The average Bonchev–Trinajstić information content (AvgIpc) is 2.44. The van der Waals surface area contributed by atoms with Gasteiger partial charge in [0.15, 0.2) is 5.75 Å². The molecule has 0 amide bonds. The van der Waals surface area contributed by atoms with Crippen molar-refractivity contribution in [2.45, 2.75) is 12.2 Å². The summed E-state index contributed by atoms with van der Waals surface area (Å²) in [6.45, 7) is 0.192. The molecule has 1 aromatic rings. The molecule has 21 heavy (non-hydrogen) atoms. The fourth-order valence-electron chi connectivity index (χ4n) is 1.76. The summed E-state index contributed by atoms with van der Waals surface area (Å²) >= 11 is 0. The number of nitro benzene ring substituents is 1. The zero-order valence-corrected chi connectivity index (χ0v) is 12.3. The molecule has 0 aliphatic carbocycles. The number of aromatic hydroxyl groups is 1. The minimum atomic E-state index is -4.03. The molecular formula is C11H17N3O6P-. The van der Waals surface area contributed by atoms with Gasteiger partial charge < -0.3 is 30.8 Å².